The topological polar surface area (TPSA) is 95.9 Å². The van der Waals surface area contributed by atoms with Gasteiger partial charge in [0.2, 0.25) is 0 Å². The molecule has 6 aromatic rings. The van der Waals surface area contributed by atoms with Crippen LogP contribution in [0.1, 0.15) is 17.5 Å². The molecule has 0 spiro atoms. The first-order valence-corrected chi connectivity index (χ1v) is 14.3. The lowest BCUT2D eigenvalue weighted by Crippen LogP contribution is -2.28. The van der Waals surface area contributed by atoms with Crippen LogP contribution in [-0.2, 0) is 6.54 Å². The fraction of sp³-hybridized carbons (Fsp3) is 0.111. The van der Waals surface area contributed by atoms with Gasteiger partial charge in [0.05, 0.1) is 16.6 Å². The van der Waals surface area contributed by atoms with Gasteiger partial charge in [-0.15, -0.1) is 0 Å². The SMILES string of the molecule is O=c1c(-c2cc(=O)c3c(O)cc(O)c(C4=CCN(Cc5ccc(F)cc5)CC4)c3o2)cn(-c2ccccc2)c2ccccc12. The lowest BCUT2D eigenvalue weighted by atomic mass is 9.95. The summed E-state index contributed by atoms with van der Waals surface area (Å²) in [7, 11) is 0. The molecule has 0 unspecified atom stereocenters. The van der Waals surface area contributed by atoms with Gasteiger partial charge in [-0.25, -0.2) is 4.39 Å². The molecule has 1 aliphatic heterocycles. The van der Waals surface area contributed by atoms with Crippen LogP contribution in [0.3, 0.4) is 0 Å². The summed E-state index contributed by atoms with van der Waals surface area (Å²) in [6.45, 7) is 1.81. The summed E-state index contributed by atoms with van der Waals surface area (Å²) < 4.78 is 21.5. The number of hydrogen-bond donors (Lipinski definition) is 2. The van der Waals surface area contributed by atoms with Gasteiger partial charge < -0.3 is 19.2 Å². The minimum Gasteiger partial charge on any atom is -0.507 e. The molecule has 0 aliphatic carbocycles. The van der Waals surface area contributed by atoms with Crippen molar-refractivity contribution in [3.05, 3.63) is 141 Å². The quantitative estimate of drug-likeness (QED) is 0.236. The first-order valence-electron chi connectivity index (χ1n) is 14.3. The van der Waals surface area contributed by atoms with E-state index in [4.69, 9.17) is 4.42 Å². The first kappa shape index (κ1) is 27.4. The molecule has 3 heterocycles. The molecule has 7 nitrogen and oxygen atoms in total. The third kappa shape index (κ3) is 4.85. The van der Waals surface area contributed by atoms with E-state index in [0.29, 0.717) is 42.5 Å². The number of benzene rings is 4. The zero-order valence-electron chi connectivity index (χ0n) is 23.5. The monoisotopic (exact) mass is 586 g/mol. The van der Waals surface area contributed by atoms with Crippen molar-refractivity contribution in [1.29, 1.82) is 0 Å². The normalized spacial score (nSPS) is 13.8. The van der Waals surface area contributed by atoms with Crippen molar-refractivity contribution in [3.8, 4) is 28.5 Å². The van der Waals surface area contributed by atoms with Crippen molar-refractivity contribution >= 4 is 27.4 Å². The Labute approximate surface area is 251 Å². The standard InChI is InChI=1S/C36H27FN2O5/c37-24-12-10-22(11-13-24)20-38-16-14-23(15-17-38)33-29(40)18-30(41)34-31(42)19-32(44-36(33)34)27-21-39(25-6-2-1-3-7-25)28-9-5-4-8-26(28)35(27)43/h1-14,18-19,21,40-41H,15-17,20H2. The van der Waals surface area contributed by atoms with Crippen LogP contribution in [0.25, 0.3) is 44.5 Å². The average Bonchev–Trinajstić information content (AvgIpc) is 3.03. The Balaban J connectivity index is 1.36. The molecule has 0 saturated carbocycles. The number of rotatable bonds is 5. The molecule has 8 heteroatoms. The number of phenols is 2. The second-order valence-corrected chi connectivity index (χ2v) is 10.9. The summed E-state index contributed by atoms with van der Waals surface area (Å²) in [6.07, 6.45) is 4.13. The van der Waals surface area contributed by atoms with Gasteiger partial charge in [-0.3, -0.25) is 14.5 Å². The van der Waals surface area contributed by atoms with Crippen LogP contribution in [-0.4, -0.2) is 32.8 Å². The van der Waals surface area contributed by atoms with Crippen molar-refractivity contribution in [2.24, 2.45) is 0 Å². The van der Waals surface area contributed by atoms with Crippen molar-refractivity contribution in [3.63, 3.8) is 0 Å². The fourth-order valence-corrected chi connectivity index (χ4v) is 5.93. The van der Waals surface area contributed by atoms with Gasteiger partial charge in [-0.05, 0) is 54.0 Å². The van der Waals surface area contributed by atoms with Crippen LogP contribution in [0, 0.1) is 5.82 Å². The lowest BCUT2D eigenvalue weighted by molar-refractivity contribution is 0.293. The van der Waals surface area contributed by atoms with Crippen LogP contribution in [0.5, 0.6) is 11.5 Å². The van der Waals surface area contributed by atoms with E-state index in [1.54, 1.807) is 30.5 Å². The minimum absolute atomic E-state index is 0.0158. The number of para-hydroxylation sites is 2. The van der Waals surface area contributed by atoms with E-state index < -0.39 is 11.2 Å². The average molecular weight is 587 g/mol. The van der Waals surface area contributed by atoms with E-state index in [-0.39, 0.29) is 39.3 Å². The molecule has 4 aromatic carbocycles. The van der Waals surface area contributed by atoms with Gasteiger partial charge in [0.1, 0.15) is 28.5 Å². The number of halogens is 1. The molecule has 0 radical (unpaired) electrons. The maximum atomic E-state index is 13.8. The molecule has 2 N–H and O–H groups in total. The maximum Gasteiger partial charge on any atom is 0.200 e. The highest BCUT2D eigenvalue weighted by molar-refractivity contribution is 5.97. The molecule has 0 fully saturated rings. The molecule has 44 heavy (non-hydrogen) atoms. The Hall–Kier alpha value is -5.47. The predicted molar refractivity (Wildman–Crippen MR) is 169 cm³/mol. The number of aromatic hydroxyl groups is 2. The molecule has 7 rings (SSSR count). The van der Waals surface area contributed by atoms with Gasteiger partial charge >= 0.3 is 0 Å². The van der Waals surface area contributed by atoms with Gasteiger partial charge in [-0.2, -0.15) is 0 Å². The smallest absolute Gasteiger partial charge is 0.200 e. The van der Waals surface area contributed by atoms with Crippen molar-refractivity contribution < 1.29 is 19.0 Å². The van der Waals surface area contributed by atoms with E-state index >= 15 is 0 Å². The predicted octanol–water partition coefficient (Wildman–Crippen LogP) is 6.60. The fourth-order valence-electron chi connectivity index (χ4n) is 5.93. The highest BCUT2D eigenvalue weighted by atomic mass is 19.1. The zero-order chi connectivity index (χ0) is 30.4. The van der Waals surface area contributed by atoms with E-state index in [1.165, 1.54) is 18.2 Å². The summed E-state index contributed by atoms with van der Waals surface area (Å²) in [4.78, 5) is 29.4. The van der Waals surface area contributed by atoms with Crippen LogP contribution >= 0.6 is 0 Å². The second kappa shape index (κ2) is 11.0. The third-order valence-electron chi connectivity index (χ3n) is 8.11. The van der Waals surface area contributed by atoms with E-state index in [0.717, 1.165) is 22.9 Å². The molecule has 0 amide bonds. The van der Waals surface area contributed by atoms with Crippen molar-refractivity contribution in [1.82, 2.24) is 9.47 Å². The van der Waals surface area contributed by atoms with Crippen molar-refractivity contribution in [2.45, 2.75) is 13.0 Å². The number of hydrogen-bond acceptors (Lipinski definition) is 6. The van der Waals surface area contributed by atoms with Crippen LogP contribution in [0.2, 0.25) is 0 Å². The van der Waals surface area contributed by atoms with Crippen LogP contribution in [0.15, 0.2) is 117 Å². The molecule has 0 atom stereocenters. The molecule has 0 saturated heterocycles. The Bertz CT molecular complexity index is 2200. The van der Waals surface area contributed by atoms with Gasteiger partial charge in [-0.1, -0.05) is 48.5 Å². The van der Waals surface area contributed by atoms with E-state index in [2.05, 4.69) is 4.90 Å². The third-order valence-corrected chi connectivity index (χ3v) is 8.11. The summed E-state index contributed by atoms with van der Waals surface area (Å²) in [5.41, 5.74) is 2.90. The largest absolute Gasteiger partial charge is 0.507 e. The Kier molecular flexibility index (Phi) is 6.83. The molecule has 218 valence electrons. The van der Waals surface area contributed by atoms with E-state index in [9.17, 15) is 24.2 Å². The number of fused-ring (bicyclic) bond motifs is 2. The summed E-state index contributed by atoms with van der Waals surface area (Å²) in [5.74, 6) is -0.888. The number of pyridine rings is 1. The number of nitrogens with zero attached hydrogens (tertiary/aromatic N) is 2. The highest BCUT2D eigenvalue weighted by Gasteiger charge is 2.24. The Morgan fingerprint density at radius 3 is 2.36 bits per heavy atom. The van der Waals surface area contributed by atoms with Gasteiger partial charge in [0.25, 0.3) is 0 Å². The summed E-state index contributed by atoms with van der Waals surface area (Å²) >= 11 is 0. The van der Waals surface area contributed by atoms with Gasteiger partial charge in [0.15, 0.2) is 16.4 Å². The Morgan fingerprint density at radius 2 is 1.61 bits per heavy atom. The highest BCUT2D eigenvalue weighted by Crippen LogP contribution is 2.40. The van der Waals surface area contributed by atoms with Crippen LogP contribution in [0.4, 0.5) is 4.39 Å². The second-order valence-electron chi connectivity index (χ2n) is 10.9. The minimum atomic E-state index is -0.534. The molecular formula is C36H27FN2O5. The molecule has 1 aliphatic rings. The molecule has 2 aromatic heterocycles. The number of aromatic nitrogens is 1. The lowest BCUT2D eigenvalue weighted by Gasteiger charge is -2.27. The summed E-state index contributed by atoms with van der Waals surface area (Å²) in [6, 6.07) is 25.5. The molecule has 0 bridgehead atoms. The van der Waals surface area contributed by atoms with E-state index in [1.807, 2.05) is 53.1 Å². The van der Waals surface area contributed by atoms with Gasteiger partial charge in [0, 0.05) is 49.0 Å². The Morgan fingerprint density at radius 1 is 0.864 bits per heavy atom. The van der Waals surface area contributed by atoms with Crippen molar-refractivity contribution in [2.75, 3.05) is 13.1 Å². The summed E-state index contributed by atoms with van der Waals surface area (Å²) in [5, 5.41) is 22.1. The molecular weight excluding hydrogens is 559 g/mol. The first-order chi connectivity index (χ1) is 21.4. The maximum absolute atomic E-state index is 13.8. The zero-order valence-corrected chi connectivity index (χ0v) is 23.5. The number of phenolic OH excluding ortho intramolecular Hbond substituents is 2. The van der Waals surface area contributed by atoms with Crippen LogP contribution < -0.4 is 10.9 Å².